The molecule has 0 saturated heterocycles. The van der Waals surface area contributed by atoms with E-state index < -0.39 is 0 Å². The topological polar surface area (TPSA) is 64.5 Å². The Hall–Kier alpha value is -7.11. The van der Waals surface area contributed by atoms with E-state index >= 15 is 0 Å². The number of rotatable bonds is 7. The molecule has 0 amide bonds. The first-order chi connectivity index (χ1) is 25.7. The Kier molecular flexibility index (Phi) is 8.12. The van der Waals surface area contributed by atoms with Gasteiger partial charge in [-0.3, -0.25) is 9.97 Å². The Labute approximate surface area is 302 Å². The molecule has 9 rings (SSSR count). The number of fused-ring (bicyclic) bond motifs is 1. The molecule has 0 saturated carbocycles. The molecule has 0 unspecified atom stereocenters. The number of aromatic nitrogens is 5. The molecule has 0 atom stereocenters. The normalized spacial score (nSPS) is 11.1. The van der Waals surface area contributed by atoms with Crippen LogP contribution >= 0.6 is 0 Å². The molecule has 0 N–H and O–H groups in total. The second-order valence-corrected chi connectivity index (χ2v) is 12.6. The summed E-state index contributed by atoms with van der Waals surface area (Å²) >= 11 is 0. The van der Waals surface area contributed by atoms with Crippen LogP contribution in [0.1, 0.15) is 0 Å². The van der Waals surface area contributed by atoms with Gasteiger partial charge in [0.25, 0.3) is 0 Å². The van der Waals surface area contributed by atoms with Gasteiger partial charge in [0.15, 0.2) is 5.82 Å². The SMILES string of the molecule is c1ccc(-c2cc(-c3ccc(-c4ccc(-c5cc(-c6ccc7ccccc7c6)cc(-c6ccccn6)n5)nc4)cc3)nc(-c3ccccc3)n2)cc1. The Balaban J connectivity index is 1.04. The number of hydrogen-bond donors (Lipinski definition) is 0. The largest absolute Gasteiger partial charge is 0.255 e. The summed E-state index contributed by atoms with van der Waals surface area (Å²) in [4.78, 5) is 24.5. The summed E-state index contributed by atoms with van der Waals surface area (Å²) in [5, 5.41) is 2.40. The lowest BCUT2D eigenvalue weighted by atomic mass is 9.99. The van der Waals surface area contributed by atoms with Gasteiger partial charge in [-0.2, -0.15) is 0 Å². The van der Waals surface area contributed by atoms with Crippen molar-refractivity contribution in [1.29, 1.82) is 0 Å². The molecule has 244 valence electrons. The van der Waals surface area contributed by atoms with Crippen LogP contribution in [0.2, 0.25) is 0 Å². The van der Waals surface area contributed by atoms with Crippen molar-refractivity contribution in [3.8, 4) is 78.9 Å². The van der Waals surface area contributed by atoms with Gasteiger partial charge in [-0.15, -0.1) is 0 Å². The van der Waals surface area contributed by atoms with Gasteiger partial charge < -0.3 is 0 Å². The number of pyridine rings is 3. The number of benzene rings is 5. The van der Waals surface area contributed by atoms with E-state index in [1.807, 2.05) is 79.0 Å². The van der Waals surface area contributed by atoms with Crippen LogP contribution in [0, 0.1) is 0 Å². The monoisotopic (exact) mass is 665 g/mol. The zero-order chi connectivity index (χ0) is 34.7. The molecule has 4 heterocycles. The fourth-order valence-corrected chi connectivity index (χ4v) is 6.46. The molecule has 0 aliphatic carbocycles. The molecule has 0 aliphatic rings. The van der Waals surface area contributed by atoms with Gasteiger partial charge >= 0.3 is 0 Å². The highest BCUT2D eigenvalue weighted by Gasteiger charge is 2.13. The summed E-state index contributed by atoms with van der Waals surface area (Å²) in [5.41, 5.74) is 12.3. The summed E-state index contributed by atoms with van der Waals surface area (Å²) in [5.74, 6) is 0.699. The van der Waals surface area contributed by atoms with Crippen molar-refractivity contribution >= 4 is 10.8 Å². The minimum atomic E-state index is 0.699. The molecule has 5 aromatic carbocycles. The highest BCUT2D eigenvalue weighted by molar-refractivity contribution is 5.88. The zero-order valence-electron chi connectivity index (χ0n) is 28.1. The maximum absolute atomic E-state index is 5.03. The lowest BCUT2D eigenvalue weighted by molar-refractivity contribution is 1.18. The summed E-state index contributed by atoms with van der Waals surface area (Å²) in [6.45, 7) is 0. The first kappa shape index (κ1) is 30.9. The van der Waals surface area contributed by atoms with E-state index in [1.54, 1.807) is 6.20 Å². The van der Waals surface area contributed by atoms with E-state index in [1.165, 1.54) is 10.8 Å². The third-order valence-corrected chi connectivity index (χ3v) is 9.20. The van der Waals surface area contributed by atoms with Gasteiger partial charge in [0.05, 0.1) is 34.2 Å². The summed E-state index contributed by atoms with van der Waals surface area (Å²) < 4.78 is 0. The van der Waals surface area contributed by atoms with Crippen LogP contribution in [0.4, 0.5) is 0 Å². The second-order valence-electron chi connectivity index (χ2n) is 12.6. The molecule has 52 heavy (non-hydrogen) atoms. The van der Waals surface area contributed by atoms with E-state index in [0.717, 1.165) is 73.1 Å². The quantitative estimate of drug-likeness (QED) is 0.169. The van der Waals surface area contributed by atoms with Gasteiger partial charge in [-0.1, -0.05) is 133 Å². The van der Waals surface area contributed by atoms with E-state index in [9.17, 15) is 0 Å². The van der Waals surface area contributed by atoms with Crippen LogP contribution in [-0.2, 0) is 0 Å². The van der Waals surface area contributed by atoms with Crippen molar-refractivity contribution in [3.05, 3.63) is 188 Å². The van der Waals surface area contributed by atoms with Crippen molar-refractivity contribution in [1.82, 2.24) is 24.9 Å². The van der Waals surface area contributed by atoms with E-state index in [2.05, 4.69) is 108 Å². The highest BCUT2D eigenvalue weighted by Crippen LogP contribution is 2.33. The molecule has 0 fully saturated rings. The van der Waals surface area contributed by atoms with Crippen molar-refractivity contribution in [2.75, 3.05) is 0 Å². The molecule has 4 aromatic heterocycles. The zero-order valence-corrected chi connectivity index (χ0v) is 28.1. The van der Waals surface area contributed by atoms with Crippen molar-refractivity contribution in [2.45, 2.75) is 0 Å². The molecule has 0 spiro atoms. The maximum atomic E-state index is 5.03. The van der Waals surface area contributed by atoms with Gasteiger partial charge in [-0.05, 0) is 69.9 Å². The lowest BCUT2D eigenvalue weighted by Crippen LogP contribution is -1.96. The average Bonchev–Trinajstić information content (AvgIpc) is 3.24. The van der Waals surface area contributed by atoms with E-state index in [0.29, 0.717) is 5.82 Å². The van der Waals surface area contributed by atoms with Crippen LogP contribution in [0.15, 0.2) is 188 Å². The smallest absolute Gasteiger partial charge is 0.160 e. The standard InChI is InChI=1S/C47H31N5/c1-3-12-34(13-4-1)43-30-44(52-47(51-43)36-14-5-2-6-15-36)35-21-18-33(19-22-35)39-24-25-42(49-31-39)46-29-40(28-45(50-46)41-17-9-10-26-48-41)38-23-20-32-11-7-8-16-37(32)27-38/h1-31H. The molecular weight excluding hydrogens is 635 g/mol. The Morgan fingerprint density at radius 2 is 0.846 bits per heavy atom. The molecular formula is C47H31N5. The van der Waals surface area contributed by atoms with Gasteiger partial charge in [0.2, 0.25) is 0 Å². The van der Waals surface area contributed by atoms with Crippen LogP contribution < -0.4 is 0 Å². The second kappa shape index (κ2) is 13.7. The number of hydrogen-bond acceptors (Lipinski definition) is 5. The minimum Gasteiger partial charge on any atom is -0.255 e. The van der Waals surface area contributed by atoms with Crippen LogP contribution in [-0.4, -0.2) is 24.9 Å². The van der Waals surface area contributed by atoms with Crippen LogP contribution in [0.5, 0.6) is 0 Å². The first-order valence-electron chi connectivity index (χ1n) is 17.2. The summed E-state index contributed by atoms with van der Waals surface area (Å²) in [6.07, 6.45) is 3.72. The molecule has 5 heteroatoms. The highest BCUT2D eigenvalue weighted by atomic mass is 14.9. The molecule has 0 bridgehead atoms. The van der Waals surface area contributed by atoms with Crippen LogP contribution in [0.25, 0.3) is 89.7 Å². The Bertz CT molecular complexity index is 2580. The third kappa shape index (κ3) is 6.35. The van der Waals surface area contributed by atoms with Crippen molar-refractivity contribution < 1.29 is 0 Å². The lowest BCUT2D eigenvalue weighted by Gasteiger charge is -2.11. The third-order valence-electron chi connectivity index (χ3n) is 9.20. The van der Waals surface area contributed by atoms with E-state index in [-0.39, 0.29) is 0 Å². The Morgan fingerprint density at radius 1 is 0.269 bits per heavy atom. The van der Waals surface area contributed by atoms with Crippen LogP contribution in [0.3, 0.4) is 0 Å². The van der Waals surface area contributed by atoms with Crippen molar-refractivity contribution in [3.63, 3.8) is 0 Å². The minimum absolute atomic E-state index is 0.699. The summed E-state index contributed by atoms with van der Waals surface area (Å²) in [7, 11) is 0. The molecule has 0 radical (unpaired) electrons. The first-order valence-corrected chi connectivity index (χ1v) is 17.2. The van der Waals surface area contributed by atoms with Gasteiger partial charge in [0, 0.05) is 34.6 Å². The predicted molar refractivity (Wildman–Crippen MR) is 211 cm³/mol. The summed E-state index contributed by atoms with van der Waals surface area (Å²) in [6, 6.07) is 60.1. The average molecular weight is 666 g/mol. The number of nitrogens with zero attached hydrogens (tertiary/aromatic N) is 5. The molecule has 9 aromatic rings. The molecule has 5 nitrogen and oxygen atoms in total. The maximum Gasteiger partial charge on any atom is 0.160 e. The fraction of sp³-hybridized carbons (Fsp3) is 0. The molecule has 0 aliphatic heterocycles. The predicted octanol–water partition coefficient (Wildman–Crippen LogP) is 11.5. The van der Waals surface area contributed by atoms with Gasteiger partial charge in [0.1, 0.15) is 0 Å². The Morgan fingerprint density at radius 3 is 1.52 bits per heavy atom. The van der Waals surface area contributed by atoms with Crippen molar-refractivity contribution in [2.24, 2.45) is 0 Å². The fourth-order valence-electron chi connectivity index (χ4n) is 6.46. The van der Waals surface area contributed by atoms with Gasteiger partial charge in [-0.25, -0.2) is 15.0 Å². The van der Waals surface area contributed by atoms with E-state index in [4.69, 9.17) is 19.9 Å².